The van der Waals surface area contributed by atoms with Crippen molar-refractivity contribution >= 4 is 5.97 Å². The number of hydrogen-bond acceptors (Lipinski definition) is 5. The number of carboxylic acid groups (broad SMARTS) is 1. The van der Waals surface area contributed by atoms with E-state index in [9.17, 15) is 0 Å². The fourth-order valence-electron chi connectivity index (χ4n) is 0. The van der Waals surface area contributed by atoms with Crippen molar-refractivity contribution in [2.24, 2.45) is 0 Å². The van der Waals surface area contributed by atoms with E-state index in [1.54, 1.807) is 0 Å². The third kappa shape index (κ3) is 513. The number of carboxylic acids is 1. The molecule has 0 bridgehead atoms. The van der Waals surface area contributed by atoms with Crippen LogP contribution in [-0.4, -0.2) is 11.1 Å². The van der Waals surface area contributed by atoms with E-state index in [1.807, 2.05) is 0 Å². The molecule has 0 aromatic rings. The van der Waals surface area contributed by atoms with Crippen molar-refractivity contribution in [2.75, 3.05) is 0 Å². The quantitative estimate of drug-likeness (QED) is 0.400. The van der Waals surface area contributed by atoms with Gasteiger partial charge < -0.3 is 25.2 Å². The van der Waals surface area contributed by atoms with E-state index in [1.165, 1.54) is 0 Å². The molecule has 0 saturated carbocycles. The minimum atomic E-state index is -1.75. The molecule has 0 aromatic carbocycles. The Morgan fingerprint density at radius 2 is 1.44 bits per heavy atom. The third-order valence-corrected chi connectivity index (χ3v) is 0. The Labute approximate surface area is 64.9 Å². The molecule has 0 fully saturated rings. The second kappa shape index (κ2) is 10.4. The molecule has 56 valence electrons. The number of carbonyl (C=O) groups is 1. The van der Waals surface area contributed by atoms with Gasteiger partial charge in [-0.25, -0.2) is 0 Å². The Morgan fingerprint density at radius 3 is 1.44 bits per heavy atom. The van der Waals surface area contributed by atoms with Gasteiger partial charge in [0.15, 0.2) is 0 Å². The standard InChI is InChI=1S/C2H4O2.NO3.Pt/c1-2(3)4;2-1(3)4;/h1H3,(H,3,4);;/q;-1;+2/p-1. The van der Waals surface area contributed by atoms with Crippen LogP contribution in [0.4, 0.5) is 0 Å². The van der Waals surface area contributed by atoms with E-state index in [0.29, 0.717) is 0 Å². The molecule has 0 aromatic heterocycles. The fourth-order valence-corrected chi connectivity index (χ4v) is 0. The van der Waals surface area contributed by atoms with E-state index < -0.39 is 11.1 Å². The first-order valence-corrected chi connectivity index (χ1v) is 1.46. The van der Waals surface area contributed by atoms with E-state index in [-0.39, 0.29) is 21.1 Å². The predicted octanol–water partition coefficient (Wildman–Crippen LogP) is -1.49. The Hall–Kier alpha value is -0.642. The summed E-state index contributed by atoms with van der Waals surface area (Å²) >= 11 is 0. The van der Waals surface area contributed by atoms with Gasteiger partial charge in [0.05, 0.1) is 5.09 Å². The van der Waals surface area contributed by atoms with Crippen LogP contribution in [0.3, 0.4) is 0 Å². The monoisotopic (exact) mass is 316 g/mol. The summed E-state index contributed by atoms with van der Waals surface area (Å²) in [5, 5.41) is 23.6. The first-order valence-electron chi connectivity index (χ1n) is 1.46. The number of carbonyl (C=O) groups excluding carboxylic acids is 1. The van der Waals surface area contributed by atoms with Crippen molar-refractivity contribution in [3.63, 3.8) is 0 Å². The normalized spacial score (nSPS) is 5.44. The maximum atomic E-state index is 8.89. The maximum absolute atomic E-state index is 8.89. The van der Waals surface area contributed by atoms with Gasteiger partial charge in [0, 0.05) is 5.97 Å². The van der Waals surface area contributed by atoms with Crippen molar-refractivity contribution in [3.05, 3.63) is 15.3 Å². The average molecular weight is 316 g/mol. The van der Waals surface area contributed by atoms with Crippen LogP contribution in [0.2, 0.25) is 0 Å². The number of nitrogens with zero attached hydrogens (tertiary/aromatic N) is 1. The van der Waals surface area contributed by atoms with Gasteiger partial charge in [0.2, 0.25) is 0 Å². The van der Waals surface area contributed by atoms with Crippen molar-refractivity contribution in [1.82, 2.24) is 0 Å². The van der Waals surface area contributed by atoms with E-state index in [2.05, 4.69) is 0 Å². The number of hydrogen-bond donors (Lipinski definition) is 0. The summed E-state index contributed by atoms with van der Waals surface area (Å²) in [7, 11) is 0. The topological polar surface area (TPSA) is 106 Å². The third-order valence-electron chi connectivity index (χ3n) is 0. The van der Waals surface area contributed by atoms with Gasteiger partial charge in [-0.2, -0.15) is 0 Å². The molecule has 0 saturated heterocycles. The fraction of sp³-hybridized carbons (Fsp3) is 0.500. The smallest absolute Gasteiger partial charge is 0.550 e. The number of rotatable bonds is 0. The molecule has 0 spiro atoms. The predicted molar refractivity (Wildman–Crippen MR) is 21.0 cm³/mol. The maximum Gasteiger partial charge on any atom is 2.00 e. The summed E-state index contributed by atoms with van der Waals surface area (Å²) in [6, 6.07) is 0. The van der Waals surface area contributed by atoms with Crippen molar-refractivity contribution < 1.29 is 36.1 Å². The van der Waals surface area contributed by atoms with Crippen LogP contribution in [0, 0.1) is 15.3 Å². The molecule has 0 atom stereocenters. The molecule has 0 amide bonds. The second-order valence-corrected chi connectivity index (χ2v) is 0.715. The SMILES string of the molecule is CC(=O)[O-].O=[N+]([O-])[O-].[Pt+2]. The minimum Gasteiger partial charge on any atom is -0.550 e. The van der Waals surface area contributed by atoms with Gasteiger partial charge in [0.25, 0.3) is 0 Å². The van der Waals surface area contributed by atoms with Crippen LogP contribution in [-0.2, 0) is 25.9 Å². The zero-order valence-corrected chi connectivity index (χ0v) is 6.58. The Kier molecular flexibility index (Phi) is 18.1. The van der Waals surface area contributed by atoms with Crippen LogP contribution in [0.1, 0.15) is 6.92 Å². The molecule has 0 heterocycles. The molecule has 0 N–H and O–H groups in total. The molecule has 9 heavy (non-hydrogen) atoms. The Morgan fingerprint density at radius 1 is 1.44 bits per heavy atom. The van der Waals surface area contributed by atoms with Gasteiger partial charge in [0.1, 0.15) is 0 Å². The van der Waals surface area contributed by atoms with E-state index >= 15 is 0 Å². The molecular formula is C2H3NO5Pt. The second-order valence-electron chi connectivity index (χ2n) is 0.715. The van der Waals surface area contributed by atoms with Crippen molar-refractivity contribution in [2.45, 2.75) is 6.92 Å². The first kappa shape index (κ1) is 15.8. The molecule has 0 rings (SSSR count). The van der Waals surface area contributed by atoms with Gasteiger partial charge in [-0.15, -0.1) is 0 Å². The van der Waals surface area contributed by atoms with Gasteiger partial charge >= 0.3 is 21.1 Å². The molecule has 0 unspecified atom stereocenters. The van der Waals surface area contributed by atoms with Crippen molar-refractivity contribution in [1.29, 1.82) is 0 Å². The molecular weight excluding hydrogens is 313 g/mol. The summed E-state index contributed by atoms with van der Waals surface area (Å²) in [5.41, 5.74) is 0. The summed E-state index contributed by atoms with van der Waals surface area (Å²) in [4.78, 5) is 17.1. The zero-order chi connectivity index (χ0) is 7.15. The molecule has 0 aliphatic carbocycles. The first-order chi connectivity index (χ1) is 3.46. The minimum absolute atomic E-state index is 0. The van der Waals surface area contributed by atoms with Gasteiger partial charge in [-0.1, -0.05) is 0 Å². The zero-order valence-electron chi connectivity index (χ0n) is 4.30. The molecule has 0 aliphatic heterocycles. The van der Waals surface area contributed by atoms with Gasteiger partial charge in [-0.3, -0.25) is 0 Å². The molecule has 0 radical (unpaired) electrons. The number of aliphatic carboxylic acids is 1. The van der Waals surface area contributed by atoms with Crippen LogP contribution in [0.25, 0.3) is 0 Å². The van der Waals surface area contributed by atoms with Gasteiger partial charge in [-0.05, 0) is 6.92 Å². The largest absolute Gasteiger partial charge is 2.00 e. The van der Waals surface area contributed by atoms with Crippen LogP contribution < -0.4 is 5.11 Å². The van der Waals surface area contributed by atoms with Crippen molar-refractivity contribution in [3.8, 4) is 0 Å². The average Bonchev–Trinajstić information content (AvgIpc) is 1.25. The van der Waals surface area contributed by atoms with E-state index in [0.717, 1.165) is 6.92 Å². The Bertz CT molecular complexity index is 73.0. The molecule has 7 heteroatoms. The molecule has 6 nitrogen and oxygen atoms in total. The summed E-state index contributed by atoms with van der Waals surface area (Å²) in [6.07, 6.45) is 0. The van der Waals surface area contributed by atoms with Crippen LogP contribution >= 0.6 is 0 Å². The Balaban J connectivity index is -0.0000000720. The molecule has 0 aliphatic rings. The summed E-state index contributed by atoms with van der Waals surface area (Å²) in [6.45, 7) is 0.972. The van der Waals surface area contributed by atoms with E-state index in [4.69, 9.17) is 25.2 Å². The summed E-state index contributed by atoms with van der Waals surface area (Å²) in [5.74, 6) is -1.08. The van der Waals surface area contributed by atoms with Crippen LogP contribution in [0.5, 0.6) is 0 Å². The van der Waals surface area contributed by atoms with Crippen LogP contribution in [0.15, 0.2) is 0 Å². The summed E-state index contributed by atoms with van der Waals surface area (Å²) < 4.78 is 0.